The lowest BCUT2D eigenvalue weighted by molar-refractivity contribution is -0.0642. The molecular formula is C21H24N2O4. The highest BCUT2D eigenvalue weighted by Gasteiger charge is 2.44. The molecule has 1 aliphatic rings. The number of benzene rings is 1. The number of rotatable bonds is 5. The number of hydrogen-bond acceptors (Lipinski definition) is 5. The van der Waals surface area contributed by atoms with Crippen LogP contribution in [0.1, 0.15) is 49.4 Å². The van der Waals surface area contributed by atoms with Gasteiger partial charge in [0.15, 0.2) is 0 Å². The fourth-order valence-electron chi connectivity index (χ4n) is 3.50. The molecule has 2 heterocycles. The predicted octanol–water partition coefficient (Wildman–Crippen LogP) is 2.16. The van der Waals surface area contributed by atoms with Crippen molar-refractivity contribution in [2.24, 2.45) is 0 Å². The fraction of sp³-hybridized carbons (Fsp3) is 0.429. The summed E-state index contributed by atoms with van der Waals surface area (Å²) in [6, 6.07) is 9.92. The van der Waals surface area contributed by atoms with Crippen molar-refractivity contribution in [3.63, 3.8) is 0 Å². The Kier molecular flexibility index (Phi) is 5.36. The number of aliphatic hydroxyl groups is 2. The molecule has 0 unspecified atom stereocenters. The molecule has 3 rings (SSSR count). The lowest BCUT2D eigenvalue weighted by Gasteiger charge is -2.42. The summed E-state index contributed by atoms with van der Waals surface area (Å²) in [5.41, 5.74) is 0.868. The van der Waals surface area contributed by atoms with Gasteiger partial charge in [-0.25, -0.2) is 0 Å². The quantitative estimate of drug-likeness (QED) is 0.789. The van der Waals surface area contributed by atoms with Crippen LogP contribution in [0.2, 0.25) is 0 Å². The van der Waals surface area contributed by atoms with E-state index < -0.39 is 17.7 Å². The Bertz CT molecular complexity index is 927. The standard InChI is InChI=1S/C21H24N2O4/c1-21(2)20(26)19(16-11-15(13-22)6-7-17(16)27-21)23-9-8-14(12-18(23)25)5-3-4-10-24/h6-9,11-12,19-20,24,26H,3-5,10H2,1-2H3/t19-,20+/m1/s1. The van der Waals surface area contributed by atoms with Crippen LogP contribution in [0.15, 0.2) is 41.3 Å². The van der Waals surface area contributed by atoms with E-state index in [1.165, 1.54) is 4.57 Å². The summed E-state index contributed by atoms with van der Waals surface area (Å²) in [6.45, 7) is 3.69. The van der Waals surface area contributed by atoms with Gasteiger partial charge in [0.2, 0.25) is 0 Å². The Morgan fingerprint density at radius 3 is 2.70 bits per heavy atom. The van der Waals surface area contributed by atoms with Crippen molar-refractivity contribution >= 4 is 0 Å². The molecule has 0 saturated heterocycles. The third kappa shape index (κ3) is 3.75. The molecule has 6 heteroatoms. The first-order valence-electron chi connectivity index (χ1n) is 9.10. The first-order chi connectivity index (χ1) is 12.9. The molecule has 6 nitrogen and oxygen atoms in total. The Balaban J connectivity index is 2.05. The molecule has 0 radical (unpaired) electrons. The Morgan fingerprint density at radius 1 is 1.26 bits per heavy atom. The molecule has 0 saturated carbocycles. The molecule has 1 aromatic carbocycles. The first kappa shape index (κ1) is 19.2. The minimum atomic E-state index is -0.961. The van der Waals surface area contributed by atoms with Gasteiger partial charge >= 0.3 is 0 Å². The van der Waals surface area contributed by atoms with Crippen molar-refractivity contribution in [3.8, 4) is 11.8 Å². The van der Waals surface area contributed by atoms with E-state index in [2.05, 4.69) is 6.07 Å². The summed E-state index contributed by atoms with van der Waals surface area (Å²) in [5.74, 6) is 0.563. The number of pyridine rings is 1. The zero-order valence-corrected chi connectivity index (χ0v) is 15.6. The van der Waals surface area contributed by atoms with Crippen molar-refractivity contribution in [2.75, 3.05) is 6.61 Å². The van der Waals surface area contributed by atoms with Crippen molar-refractivity contribution < 1.29 is 14.9 Å². The lowest BCUT2D eigenvalue weighted by atomic mass is 9.85. The van der Waals surface area contributed by atoms with Gasteiger partial charge in [0.25, 0.3) is 5.56 Å². The maximum absolute atomic E-state index is 12.8. The highest BCUT2D eigenvalue weighted by molar-refractivity contribution is 5.46. The van der Waals surface area contributed by atoms with Gasteiger partial charge in [-0.15, -0.1) is 0 Å². The summed E-state index contributed by atoms with van der Waals surface area (Å²) in [4.78, 5) is 12.8. The van der Waals surface area contributed by atoms with Crippen LogP contribution in [-0.4, -0.2) is 33.1 Å². The summed E-state index contributed by atoms with van der Waals surface area (Å²) >= 11 is 0. The Hall–Kier alpha value is -2.62. The smallest absolute Gasteiger partial charge is 0.251 e. The average molecular weight is 368 g/mol. The van der Waals surface area contributed by atoms with Gasteiger partial charge in [-0.05, 0) is 62.9 Å². The first-order valence-corrected chi connectivity index (χ1v) is 9.10. The molecule has 0 aliphatic carbocycles. The SMILES string of the molecule is CC1(C)Oc2ccc(C#N)cc2[C@@H](n2ccc(CCCCO)cc2=O)[C@@H]1O. The number of nitriles is 1. The van der Waals surface area contributed by atoms with Crippen LogP contribution in [0.5, 0.6) is 5.75 Å². The molecular weight excluding hydrogens is 344 g/mol. The van der Waals surface area contributed by atoms with Crippen LogP contribution in [0.25, 0.3) is 0 Å². The summed E-state index contributed by atoms with van der Waals surface area (Å²) < 4.78 is 7.42. The number of aliphatic hydroxyl groups excluding tert-OH is 2. The molecule has 2 N–H and O–H groups in total. The normalized spacial score (nSPS) is 20.4. The number of aromatic nitrogens is 1. The number of unbranched alkanes of at least 4 members (excludes halogenated alkanes) is 1. The summed E-state index contributed by atoms with van der Waals surface area (Å²) in [5, 5.41) is 29.0. The molecule has 0 bridgehead atoms. The maximum Gasteiger partial charge on any atom is 0.251 e. The molecule has 1 aromatic heterocycles. The highest BCUT2D eigenvalue weighted by Crippen LogP contribution is 2.41. The topological polar surface area (TPSA) is 95.5 Å². The third-order valence-corrected chi connectivity index (χ3v) is 5.03. The van der Waals surface area contributed by atoms with Gasteiger partial charge in [0, 0.05) is 24.4 Å². The maximum atomic E-state index is 12.8. The average Bonchev–Trinajstić information content (AvgIpc) is 2.63. The summed E-state index contributed by atoms with van der Waals surface area (Å²) in [6.07, 6.45) is 2.95. The second-order valence-corrected chi connectivity index (χ2v) is 7.42. The van der Waals surface area contributed by atoms with Crippen molar-refractivity contribution in [2.45, 2.75) is 50.9 Å². The zero-order valence-electron chi connectivity index (χ0n) is 15.6. The van der Waals surface area contributed by atoms with E-state index in [1.54, 1.807) is 44.3 Å². The van der Waals surface area contributed by atoms with Gasteiger partial charge in [-0.3, -0.25) is 4.79 Å². The number of ether oxygens (including phenoxy) is 1. The number of fused-ring (bicyclic) bond motifs is 1. The van der Waals surface area contributed by atoms with Gasteiger partial charge < -0.3 is 19.5 Å². The molecule has 0 spiro atoms. The predicted molar refractivity (Wildman–Crippen MR) is 101 cm³/mol. The molecule has 1 aliphatic heterocycles. The Labute approximate surface area is 158 Å². The lowest BCUT2D eigenvalue weighted by Crippen LogP contribution is -2.52. The van der Waals surface area contributed by atoms with Gasteiger partial charge in [-0.2, -0.15) is 5.26 Å². The van der Waals surface area contributed by atoms with E-state index >= 15 is 0 Å². The van der Waals surface area contributed by atoms with E-state index in [9.17, 15) is 15.2 Å². The number of nitrogens with zero attached hydrogens (tertiary/aromatic N) is 2. The monoisotopic (exact) mass is 368 g/mol. The van der Waals surface area contributed by atoms with Crippen LogP contribution < -0.4 is 10.3 Å². The van der Waals surface area contributed by atoms with E-state index in [4.69, 9.17) is 9.84 Å². The molecule has 2 aromatic rings. The van der Waals surface area contributed by atoms with E-state index in [-0.39, 0.29) is 12.2 Å². The largest absolute Gasteiger partial charge is 0.485 e. The van der Waals surface area contributed by atoms with E-state index in [0.29, 0.717) is 29.7 Å². The second-order valence-electron chi connectivity index (χ2n) is 7.42. The van der Waals surface area contributed by atoms with Crippen molar-refractivity contribution in [1.82, 2.24) is 4.57 Å². The minimum absolute atomic E-state index is 0.137. The number of aryl methyl sites for hydroxylation is 1. The van der Waals surface area contributed by atoms with Crippen molar-refractivity contribution in [3.05, 3.63) is 63.6 Å². The van der Waals surface area contributed by atoms with Gasteiger partial charge in [-0.1, -0.05) is 0 Å². The molecule has 27 heavy (non-hydrogen) atoms. The van der Waals surface area contributed by atoms with Crippen LogP contribution in [0.4, 0.5) is 0 Å². The van der Waals surface area contributed by atoms with E-state index in [0.717, 1.165) is 12.0 Å². The van der Waals surface area contributed by atoms with Gasteiger partial charge in [0.1, 0.15) is 17.5 Å². The highest BCUT2D eigenvalue weighted by atomic mass is 16.5. The minimum Gasteiger partial charge on any atom is -0.485 e. The van der Waals surface area contributed by atoms with E-state index in [1.807, 2.05) is 6.07 Å². The second kappa shape index (κ2) is 7.55. The zero-order chi connectivity index (χ0) is 19.6. The molecule has 2 atom stereocenters. The summed E-state index contributed by atoms with van der Waals surface area (Å²) in [7, 11) is 0. The van der Waals surface area contributed by atoms with Crippen LogP contribution in [0.3, 0.4) is 0 Å². The number of hydrogen-bond donors (Lipinski definition) is 2. The van der Waals surface area contributed by atoms with Gasteiger partial charge in [0.05, 0.1) is 17.7 Å². The molecule has 0 amide bonds. The molecule has 142 valence electrons. The fourth-order valence-corrected chi connectivity index (χ4v) is 3.50. The Morgan fingerprint density at radius 2 is 2.04 bits per heavy atom. The van der Waals surface area contributed by atoms with Crippen LogP contribution in [0, 0.1) is 11.3 Å². The van der Waals surface area contributed by atoms with Crippen molar-refractivity contribution in [1.29, 1.82) is 5.26 Å². The third-order valence-electron chi connectivity index (χ3n) is 5.03. The van der Waals surface area contributed by atoms with Crippen LogP contribution >= 0.6 is 0 Å². The molecule has 0 fully saturated rings. The van der Waals surface area contributed by atoms with Crippen LogP contribution in [-0.2, 0) is 6.42 Å².